The summed E-state index contributed by atoms with van der Waals surface area (Å²) in [7, 11) is -3.61. The molecule has 0 amide bonds. The van der Waals surface area contributed by atoms with Crippen molar-refractivity contribution in [1.29, 1.82) is 0 Å². The Morgan fingerprint density at radius 3 is 2.24 bits per heavy atom. The van der Waals surface area contributed by atoms with Gasteiger partial charge in [-0.2, -0.15) is 4.31 Å². The van der Waals surface area contributed by atoms with E-state index in [1.807, 2.05) is 20.8 Å². The van der Waals surface area contributed by atoms with E-state index in [1.54, 1.807) is 19.9 Å². The third-order valence-corrected chi connectivity index (χ3v) is 6.62. The third kappa shape index (κ3) is 2.45. The van der Waals surface area contributed by atoms with Crippen molar-refractivity contribution in [1.82, 2.24) is 4.31 Å². The molecule has 2 rings (SSSR count). The van der Waals surface area contributed by atoms with Gasteiger partial charge in [0, 0.05) is 18.8 Å². The molecule has 0 saturated carbocycles. The van der Waals surface area contributed by atoms with E-state index >= 15 is 0 Å². The Morgan fingerprint density at radius 1 is 1.24 bits per heavy atom. The van der Waals surface area contributed by atoms with Gasteiger partial charge in [0.05, 0.1) is 10.5 Å². The van der Waals surface area contributed by atoms with Crippen LogP contribution in [0.4, 0.5) is 5.69 Å². The molecule has 5 nitrogen and oxygen atoms in total. The van der Waals surface area contributed by atoms with Crippen molar-refractivity contribution in [3.63, 3.8) is 0 Å². The molecule has 0 aromatic heterocycles. The van der Waals surface area contributed by atoms with Gasteiger partial charge in [-0.1, -0.05) is 19.9 Å². The average molecular weight is 312 g/mol. The van der Waals surface area contributed by atoms with Crippen LogP contribution in [0.1, 0.15) is 30.5 Å². The standard InChI is InChI=1S/C15H24N2O3S/c1-9(2)15(18)7-17(8-15)21(19,20)14-11(4)6-10(3)13(16)12(14)5/h6,9,18H,7-8,16H2,1-5H3. The zero-order valence-electron chi connectivity index (χ0n) is 13.3. The number of benzene rings is 1. The van der Waals surface area contributed by atoms with E-state index in [-0.39, 0.29) is 23.9 Å². The van der Waals surface area contributed by atoms with Crippen LogP contribution in [0.3, 0.4) is 0 Å². The van der Waals surface area contributed by atoms with Crippen LogP contribution in [-0.4, -0.2) is 36.5 Å². The number of sulfonamides is 1. The molecule has 0 atom stereocenters. The maximum absolute atomic E-state index is 12.8. The number of aliphatic hydroxyl groups is 1. The molecule has 3 N–H and O–H groups in total. The second kappa shape index (κ2) is 4.97. The number of rotatable bonds is 3. The molecular weight excluding hydrogens is 288 g/mol. The SMILES string of the molecule is Cc1cc(C)c(S(=O)(=O)N2CC(O)(C(C)C)C2)c(C)c1N. The number of nitrogen functional groups attached to an aromatic ring is 1. The number of hydrogen-bond acceptors (Lipinski definition) is 4. The van der Waals surface area contributed by atoms with Crippen LogP contribution >= 0.6 is 0 Å². The van der Waals surface area contributed by atoms with Crippen LogP contribution < -0.4 is 5.73 Å². The molecule has 0 radical (unpaired) electrons. The molecule has 1 aromatic carbocycles. The zero-order valence-corrected chi connectivity index (χ0v) is 14.1. The second-order valence-electron chi connectivity index (χ2n) is 6.41. The predicted molar refractivity (Wildman–Crippen MR) is 83.6 cm³/mol. The maximum Gasteiger partial charge on any atom is 0.243 e. The Morgan fingerprint density at radius 2 is 1.76 bits per heavy atom. The van der Waals surface area contributed by atoms with E-state index in [0.29, 0.717) is 16.8 Å². The normalized spacial score (nSPS) is 18.8. The minimum atomic E-state index is -3.61. The maximum atomic E-state index is 12.8. The molecule has 1 aliphatic heterocycles. The average Bonchev–Trinajstić information content (AvgIpc) is 2.31. The summed E-state index contributed by atoms with van der Waals surface area (Å²) < 4.78 is 26.9. The van der Waals surface area contributed by atoms with Gasteiger partial charge in [0.25, 0.3) is 0 Å². The van der Waals surface area contributed by atoms with Crippen LogP contribution in [0, 0.1) is 26.7 Å². The minimum absolute atomic E-state index is 0.0224. The molecule has 6 heteroatoms. The van der Waals surface area contributed by atoms with E-state index in [1.165, 1.54) is 4.31 Å². The van der Waals surface area contributed by atoms with Crippen molar-refractivity contribution < 1.29 is 13.5 Å². The Kier molecular flexibility index (Phi) is 3.85. The molecule has 1 aliphatic rings. The van der Waals surface area contributed by atoms with Crippen LogP contribution in [0.5, 0.6) is 0 Å². The number of nitrogens with zero attached hydrogens (tertiary/aromatic N) is 1. The summed E-state index contributed by atoms with van der Waals surface area (Å²) >= 11 is 0. The number of hydrogen-bond donors (Lipinski definition) is 2. The van der Waals surface area contributed by atoms with Crippen LogP contribution in [0.25, 0.3) is 0 Å². The Labute approximate surface area is 126 Å². The van der Waals surface area contributed by atoms with Gasteiger partial charge in [0.1, 0.15) is 0 Å². The molecule has 0 bridgehead atoms. The molecule has 1 saturated heterocycles. The van der Waals surface area contributed by atoms with E-state index in [9.17, 15) is 13.5 Å². The van der Waals surface area contributed by atoms with Gasteiger partial charge in [0.15, 0.2) is 0 Å². The highest BCUT2D eigenvalue weighted by Gasteiger charge is 2.49. The van der Waals surface area contributed by atoms with Gasteiger partial charge in [-0.3, -0.25) is 0 Å². The first-order valence-electron chi connectivity index (χ1n) is 7.09. The lowest BCUT2D eigenvalue weighted by atomic mass is 9.85. The van der Waals surface area contributed by atoms with Crippen LogP contribution in [0.2, 0.25) is 0 Å². The number of anilines is 1. The summed E-state index contributed by atoms with van der Waals surface area (Å²) in [5, 5.41) is 10.3. The van der Waals surface area contributed by atoms with E-state index < -0.39 is 15.6 Å². The summed E-state index contributed by atoms with van der Waals surface area (Å²) in [5.74, 6) is 0.0224. The first-order valence-corrected chi connectivity index (χ1v) is 8.53. The highest BCUT2D eigenvalue weighted by atomic mass is 32.2. The lowest BCUT2D eigenvalue weighted by molar-refractivity contribution is -0.0932. The summed E-state index contributed by atoms with van der Waals surface area (Å²) in [6.07, 6.45) is 0. The molecule has 0 spiro atoms. The Bertz CT molecular complexity index is 675. The van der Waals surface area contributed by atoms with E-state index in [4.69, 9.17) is 5.73 Å². The molecular formula is C15H24N2O3S. The quantitative estimate of drug-likeness (QED) is 0.830. The van der Waals surface area contributed by atoms with Crippen molar-refractivity contribution in [3.8, 4) is 0 Å². The molecule has 1 fully saturated rings. The van der Waals surface area contributed by atoms with Crippen molar-refractivity contribution in [3.05, 3.63) is 22.8 Å². The largest absolute Gasteiger partial charge is 0.398 e. The Hall–Kier alpha value is -1.11. The summed E-state index contributed by atoms with van der Waals surface area (Å²) in [6.45, 7) is 9.44. The second-order valence-corrected chi connectivity index (χ2v) is 8.28. The van der Waals surface area contributed by atoms with Gasteiger partial charge in [-0.25, -0.2) is 8.42 Å². The minimum Gasteiger partial charge on any atom is -0.398 e. The summed E-state index contributed by atoms with van der Waals surface area (Å²) in [5.41, 5.74) is 7.73. The predicted octanol–water partition coefficient (Wildman–Crippen LogP) is 1.59. The van der Waals surface area contributed by atoms with Crippen molar-refractivity contribution in [2.75, 3.05) is 18.8 Å². The molecule has 21 heavy (non-hydrogen) atoms. The third-order valence-electron chi connectivity index (χ3n) is 4.53. The van der Waals surface area contributed by atoms with Gasteiger partial charge < -0.3 is 10.8 Å². The van der Waals surface area contributed by atoms with E-state index in [2.05, 4.69) is 0 Å². The summed E-state index contributed by atoms with van der Waals surface area (Å²) in [4.78, 5) is 0.274. The molecule has 118 valence electrons. The smallest absolute Gasteiger partial charge is 0.243 e. The van der Waals surface area contributed by atoms with Crippen LogP contribution in [0.15, 0.2) is 11.0 Å². The molecule has 1 aromatic rings. The first-order chi connectivity index (χ1) is 9.50. The fourth-order valence-electron chi connectivity index (χ4n) is 2.81. The van der Waals surface area contributed by atoms with Crippen molar-refractivity contribution in [2.24, 2.45) is 5.92 Å². The highest BCUT2D eigenvalue weighted by molar-refractivity contribution is 7.89. The van der Waals surface area contributed by atoms with Crippen molar-refractivity contribution in [2.45, 2.75) is 45.1 Å². The lowest BCUT2D eigenvalue weighted by Crippen LogP contribution is -2.65. The number of β-amino-alcohol motifs (C(OH)–C–C–N with tert-alkyl or cyclic N) is 1. The van der Waals surface area contributed by atoms with Crippen LogP contribution in [-0.2, 0) is 10.0 Å². The molecule has 1 heterocycles. The van der Waals surface area contributed by atoms with Gasteiger partial charge >= 0.3 is 0 Å². The van der Waals surface area contributed by atoms with Crippen molar-refractivity contribution >= 4 is 15.7 Å². The molecule has 0 unspecified atom stereocenters. The fraction of sp³-hybridized carbons (Fsp3) is 0.600. The molecule has 0 aliphatic carbocycles. The van der Waals surface area contributed by atoms with Gasteiger partial charge in [-0.05, 0) is 43.4 Å². The topological polar surface area (TPSA) is 83.6 Å². The van der Waals surface area contributed by atoms with Gasteiger partial charge in [0.2, 0.25) is 10.0 Å². The first kappa shape index (κ1) is 16.3. The monoisotopic (exact) mass is 312 g/mol. The Balaban J connectivity index is 2.42. The van der Waals surface area contributed by atoms with E-state index in [0.717, 1.165) is 5.56 Å². The highest BCUT2D eigenvalue weighted by Crippen LogP contribution is 2.36. The fourth-order valence-corrected chi connectivity index (χ4v) is 4.82. The zero-order chi connectivity index (χ0) is 16.2. The lowest BCUT2D eigenvalue weighted by Gasteiger charge is -2.48. The number of nitrogens with two attached hydrogens (primary N) is 1. The van der Waals surface area contributed by atoms with Gasteiger partial charge in [-0.15, -0.1) is 0 Å². The number of aryl methyl sites for hydroxylation is 2. The summed E-state index contributed by atoms with van der Waals surface area (Å²) in [6, 6.07) is 1.80.